The molecule has 0 saturated heterocycles. The Morgan fingerprint density at radius 1 is 1.24 bits per heavy atom. The summed E-state index contributed by atoms with van der Waals surface area (Å²) in [5.74, 6) is 1.59. The lowest BCUT2D eigenvalue weighted by atomic mass is 10.1. The van der Waals surface area contributed by atoms with Crippen LogP contribution in [0.5, 0.6) is 11.5 Å². The molecule has 4 heteroatoms. The van der Waals surface area contributed by atoms with E-state index in [0.29, 0.717) is 5.02 Å². The quantitative estimate of drug-likeness (QED) is 0.679. The second-order valence-electron chi connectivity index (χ2n) is 4.92. The Bertz CT molecular complexity index is 603. The van der Waals surface area contributed by atoms with Crippen molar-refractivity contribution in [1.29, 1.82) is 0 Å². The molecule has 0 saturated carbocycles. The van der Waals surface area contributed by atoms with Crippen LogP contribution >= 0.6 is 27.5 Å². The predicted molar refractivity (Wildman–Crippen MR) is 92.4 cm³/mol. The fourth-order valence-electron chi connectivity index (χ4n) is 2.08. The van der Waals surface area contributed by atoms with Gasteiger partial charge in [0.1, 0.15) is 11.5 Å². The summed E-state index contributed by atoms with van der Waals surface area (Å²) in [4.78, 5) is 0. The van der Waals surface area contributed by atoms with Gasteiger partial charge in [-0.1, -0.05) is 40.5 Å². The second kappa shape index (κ2) is 7.83. The highest BCUT2D eigenvalue weighted by Gasteiger charge is 2.12. The summed E-state index contributed by atoms with van der Waals surface area (Å²) < 4.78 is 7.04. The molecule has 112 valence electrons. The normalized spacial score (nSPS) is 12.2. The molecule has 0 aromatic heterocycles. The van der Waals surface area contributed by atoms with Gasteiger partial charge in [-0.2, -0.15) is 0 Å². The Kier molecular flexibility index (Phi) is 6.09. The number of benzene rings is 2. The van der Waals surface area contributed by atoms with E-state index in [9.17, 15) is 0 Å². The van der Waals surface area contributed by atoms with Crippen molar-refractivity contribution in [2.45, 2.75) is 26.3 Å². The molecule has 2 rings (SSSR count). The van der Waals surface area contributed by atoms with Crippen LogP contribution in [0.15, 0.2) is 46.9 Å². The van der Waals surface area contributed by atoms with Crippen LogP contribution in [0.2, 0.25) is 5.02 Å². The van der Waals surface area contributed by atoms with Crippen LogP contribution in [-0.2, 0) is 0 Å². The van der Waals surface area contributed by atoms with Gasteiger partial charge in [0.05, 0.1) is 0 Å². The van der Waals surface area contributed by atoms with Gasteiger partial charge in [0, 0.05) is 21.1 Å². The minimum atomic E-state index is 0.219. The highest BCUT2D eigenvalue weighted by molar-refractivity contribution is 9.10. The largest absolute Gasteiger partial charge is 0.457 e. The van der Waals surface area contributed by atoms with E-state index >= 15 is 0 Å². The van der Waals surface area contributed by atoms with Gasteiger partial charge < -0.3 is 10.1 Å². The molecule has 0 aliphatic carbocycles. The average molecular weight is 369 g/mol. The van der Waals surface area contributed by atoms with Gasteiger partial charge in [-0.3, -0.25) is 0 Å². The van der Waals surface area contributed by atoms with Crippen molar-refractivity contribution in [2.75, 3.05) is 6.54 Å². The topological polar surface area (TPSA) is 21.3 Å². The van der Waals surface area contributed by atoms with Crippen molar-refractivity contribution in [1.82, 2.24) is 5.32 Å². The predicted octanol–water partition coefficient (Wildman–Crippen LogP) is 5.96. The molecule has 0 fully saturated rings. The average Bonchev–Trinajstić information content (AvgIpc) is 2.46. The molecule has 0 radical (unpaired) electrons. The summed E-state index contributed by atoms with van der Waals surface area (Å²) in [6, 6.07) is 13.7. The standard InChI is InChI=1S/C17H19BrClNO/c1-3-9-20-12(2)16-10-13(18)7-8-17(16)21-15-6-4-5-14(19)11-15/h4-8,10-12,20H,3,9H2,1-2H3. The van der Waals surface area contributed by atoms with E-state index < -0.39 is 0 Å². The van der Waals surface area contributed by atoms with Crippen molar-refractivity contribution >= 4 is 27.5 Å². The van der Waals surface area contributed by atoms with Crippen LogP contribution < -0.4 is 10.1 Å². The molecular weight excluding hydrogens is 350 g/mol. The fraction of sp³-hybridized carbons (Fsp3) is 0.294. The second-order valence-corrected chi connectivity index (χ2v) is 6.27. The fourth-order valence-corrected chi connectivity index (χ4v) is 2.64. The van der Waals surface area contributed by atoms with E-state index in [-0.39, 0.29) is 6.04 Å². The van der Waals surface area contributed by atoms with Crippen molar-refractivity contribution in [3.8, 4) is 11.5 Å². The maximum absolute atomic E-state index is 6.01. The highest BCUT2D eigenvalue weighted by atomic mass is 79.9. The first-order valence-electron chi connectivity index (χ1n) is 7.06. The summed E-state index contributed by atoms with van der Waals surface area (Å²) in [6.07, 6.45) is 1.10. The Hall–Kier alpha value is -1.03. The SMILES string of the molecule is CCCNC(C)c1cc(Br)ccc1Oc1cccc(Cl)c1. The molecule has 2 aromatic rings. The maximum Gasteiger partial charge on any atom is 0.132 e. The molecule has 1 unspecified atom stereocenters. The molecule has 0 aliphatic heterocycles. The third-order valence-corrected chi connectivity index (χ3v) is 3.89. The molecule has 2 aromatic carbocycles. The molecule has 0 amide bonds. The lowest BCUT2D eigenvalue weighted by Crippen LogP contribution is -2.19. The zero-order chi connectivity index (χ0) is 15.2. The van der Waals surface area contributed by atoms with Gasteiger partial charge in [-0.25, -0.2) is 0 Å². The molecule has 21 heavy (non-hydrogen) atoms. The van der Waals surface area contributed by atoms with Gasteiger partial charge in [0.25, 0.3) is 0 Å². The molecule has 2 nitrogen and oxygen atoms in total. The van der Waals surface area contributed by atoms with Gasteiger partial charge >= 0.3 is 0 Å². The van der Waals surface area contributed by atoms with Crippen molar-refractivity contribution in [2.24, 2.45) is 0 Å². The third kappa shape index (κ3) is 4.73. The van der Waals surface area contributed by atoms with E-state index in [1.807, 2.05) is 36.4 Å². The van der Waals surface area contributed by atoms with Gasteiger partial charge in [-0.05, 0) is 56.3 Å². The molecule has 0 bridgehead atoms. The first kappa shape index (κ1) is 16.3. The smallest absolute Gasteiger partial charge is 0.132 e. The Morgan fingerprint density at radius 2 is 2.05 bits per heavy atom. The number of hydrogen-bond donors (Lipinski definition) is 1. The maximum atomic E-state index is 6.01. The summed E-state index contributed by atoms with van der Waals surface area (Å²) in [5, 5.41) is 4.16. The number of ether oxygens (including phenoxy) is 1. The molecule has 0 heterocycles. The molecule has 0 spiro atoms. The van der Waals surface area contributed by atoms with Gasteiger partial charge in [0.15, 0.2) is 0 Å². The highest BCUT2D eigenvalue weighted by Crippen LogP contribution is 2.32. The lowest BCUT2D eigenvalue weighted by Gasteiger charge is -2.18. The molecular formula is C17H19BrClNO. The summed E-state index contributed by atoms with van der Waals surface area (Å²) >= 11 is 9.53. The number of halogens is 2. The van der Waals surface area contributed by atoms with Crippen LogP contribution in [0.4, 0.5) is 0 Å². The molecule has 0 aliphatic rings. The first-order chi connectivity index (χ1) is 10.1. The van der Waals surface area contributed by atoms with Crippen LogP contribution in [0.25, 0.3) is 0 Å². The number of rotatable bonds is 6. The number of nitrogens with one attached hydrogen (secondary N) is 1. The summed E-state index contributed by atoms with van der Waals surface area (Å²) in [7, 11) is 0. The van der Waals surface area contributed by atoms with E-state index in [1.54, 1.807) is 0 Å². The van der Waals surface area contributed by atoms with Crippen molar-refractivity contribution < 1.29 is 4.74 Å². The van der Waals surface area contributed by atoms with Crippen LogP contribution in [0.1, 0.15) is 31.9 Å². The monoisotopic (exact) mass is 367 g/mol. The van der Waals surface area contributed by atoms with Gasteiger partial charge in [0.2, 0.25) is 0 Å². The zero-order valence-electron chi connectivity index (χ0n) is 12.2. The Balaban J connectivity index is 2.26. The van der Waals surface area contributed by atoms with E-state index in [4.69, 9.17) is 16.3 Å². The summed E-state index contributed by atoms with van der Waals surface area (Å²) in [5.41, 5.74) is 1.12. The van der Waals surface area contributed by atoms with Crippen LogP contribution in [0, 0.1) is 0 Å². The van der Waals surface area contributed by atoms with E-state index in [2.05, 4.69) is 41.2 Å². The van der Waals surface area contributed by atoms with E-state index in [1.165, 1.54) is 0 Å². The van der Waals surface area contributed by atoms with Gasteiger partial charge in [-0.15, -0.1) is 0 Å². The Morgan fingerprint density at radius 3 is 2.76 bits per heavy atom. The first-order valence-corrected chi connectivity index (χ1v) is 8.23. The number of hydrogen-bond acceptors (Lipinski definition) is 2. The lowest BCUT2D eigenvalue weighted by molar-refractivity contribution is 0.461. The minimum absolute atomic E-state index is 0.219. The Labute approximate surface area is 139 Å². The van der Waals surface area contributed by atoms with Crippen LogP contribution in [0.3, 0.4) is 0 Å². The summed E-state index contributed by atoms with van der Waals surface area (Å²) in [6.45, 7) is 5.27. The minimum Gasteiger partial charge on any atom is -0.457 e. The van der Waals surface area contributed by atoms with Crippen LogP contribution in [-0.4, -0.2) is 6.54 Å². The zero-order valence-corrected chi connectivity index (χ0v) is 14.5. The van der Waals surface area contributed by atoms with Crippen molar-refractivity contribution in [3.05, 3.63) is 57.5 Å². The molecule has 1 atom stereocenters. The molecule has 1 N–H and O–H groups in total. The van der Waals surface area contributed by atoms with Crippen molar-refractivity contribution in [3.63, 3.8) is 0 Å². The van der Waals surface area contributed by atoms with E-state index in [0.717, 1.165) is 34.5 Å². The third-order valence-electron chi connectivity index (χ3n) is 3.16.